The number of anilines is 3. The Bertz CT molecular complexity index is 1770. The fourth-order valence-corrected chi connectivity index (χ4v) is 7.56. The Labute approximate surface area is 263 Å². The average Bonchev–Trinajstić information content (AvgIpc) is 2.93. The summed E-state index contributed by atoms with van der Waals surface area (Å²) < 4.78 is 0. The fraction of sp³-hybridized carbons (Fsp3) is 0.387. The number of benzene rings is 2. The number of primary amides is 1. The average molecular weight is 631 g/mol. The lowest BCUT2D eigenvalue weighted by atomic mass is 9.42. The van der Waals surface area contributed by atoms with E-state index in [9.17, 15) is 39.1 Å². The number of ketones is 4. The summed E-state index contributed by atoms with van der Waals surface area (Å²) in [5.74, 6) is -10.8. The van der Waals surface area contributed by atoms with E-state index in [2.05, 4.69) is 10.6 Å². The molecule has 5 rings (SSSR count). The van der Waals surface area contributed by atoms with Crippen LogP contribution in [0.1, 0.15) is 22.3 Å². The van der Waals surface area contributed by atoms with Gasteiger partial charge in [-0.2, -0.15) is 5.26 Å². The zero-order valence-corrected chi connectivity index (χ0v) is 25.6. The van der Waals surface area contributed by atoms with Crippen LogP contribution in [0.25, 0.3) is 0 Å². The molecular weight excluding hydrogens is 596 g/mol. The number of para-hydroxylation sites is 1. The Kier molecular flexibility index (Phi) is 7.51. The van der Waals surface area contributed by atoms with Crippen LogP contribution in [0.5, 0.6) is 5.75 Å². The largest absolute Gasteiger partial charge is 0.505 e. The Morgan fingerprint density at radius 2 is 1.65 bits per heavy atom. The van der Waals surface area contributed by atoms with Gasteiger partial charge in [-0.1, -0.05) is 18.2 Å². The number of Topliss-reactive ketones (excluding diaryl/α,β-unsaturated/α-hetero) is 4. The Morgan fingerprint density at radius 3 is 2.20 bits per heavy atom. The van der Waals surface area contributed by atoms with Gasteiger partial charge in [0.15, 0.2) is 34.5 Å². The summed E-state index contributed by atoms with van der Waals surface area (Å²) in [5.41, 5.74) is 12.7. The molecule has 0 radical (unpaired) electrons. The van der Waals surface area contributed by atoms with Gasteiger partial charge in [-0.3, -0.25) is 28.9 Å². The van der Waals surface area contributed by atoms with Gasteiger partial charge < -0.3 is 37.8 Å². The van der Waals surface area contributed by atoms with Gasteiger partial charge in [-0.15, -0.1) is 0 Å². The second-order valence-electron chi connectivity index (χ2n) is 12.6. The van der Waals surface area contributed by atoms with Crippen LogP contribution in [0.15, 0.2) is 36.4 Å². The van der Waals surface area contributed by atoms with Crippen LogP contribution in [0.4, 0.5) is 21.9 Å². The number of fused-ring (bicyclic) bond motifs is 3. The molecule has 0 spiro atoms. The maximum Gasteiger partial charge on any atom is 0.323 e. The zero-order chi connectivity index (χ0) is 34.1. The lowest BCUT2D eigenvalue weighted by Crippen LogP contribution is -2.85. The molecule has 3 aliphatic carbocycles. The molecule has 0 aliphatic heterocycles. The SMILES string of the molecule is CN(C)c1cc(NC(=O)Nc2ccccc2)c(O)c2c1C[C@@]1(N)C[C@@]3(N)[C@H](N(C)C)C(=O)C(C(N)=O)C(=O)[C@@]3(C#N)C(=O)C1C2=O. The summed E-state index contributed by atoms with van der Waals surface area (Å²) in [5, 5.41) is 27.1. The molecule has 46 heavy (non-hydrogen) atoms. The number of aromatic hydroxyl groups is 1. The summed E-state index contributed by atoms with van der Waals surface area (Å²) in [4.78, 5) is 84.5. The predicted molar refractivity (Wildman–Crippen MR) is 165 cm³/mol. The monoisotopic (exact) mass is 630 g/mol. The minimum Gasteiger partial charge on any atom is -0.505 e. The van der Waals surface area contributed by atoms with E-state index in [1.54, 1.807) is 55.4 Å². The molecule has 3 aliphatic rings. The van der Waals surface area contributed by atoms with E-state index in [1.807, 2.05) is 0 Å². The van der Waals surface area contributed by atoms with Crippen LogP contribution in [0, 0.1) is 28.6 Å². The van der Waals surface area contributed by atoms with Gasteiger partial charge in [0, 0.05) is 31.0 Å². The molecular formula is C31H34N8O7. The first-order chi connectivity index (χ1) is 21.5. The van der Waals surface area contributed by atoms with E-state index < -0.39 is 81.6 Å². The highest BCUT2D eigenvalue weighted by molar-refractivity contribution is 6.33. The molecule has 9 N–H and O–H groups in total. The van der Waals surface area contributed by atoms with Crippen LogP contribution >= 0.6 is 0 Å². The maximum atomic E-state index is 14.5. The third-order valence-corrected chi connectivity index (χ3v) is 9.33. The number of rotatable bonds is 5. The number of phenolic OH excluding ortho intramolecular Hbond substituents is 1. The normalized spacial score (nSPS) is 30.1. The molecule has 0 heterocycles. The van der Waals surface area contributed by atoms with Crippen molar-refractivity contribution in [2.24, 2.45) is 34.5 Å². The number of likely N-dealkylation sites (N-methyl/N-ethyl adjacent to an activating group) is 1. The van der Waals surface area contributed by atoms with Crippen molar-refractivity contribution in [3.63, 3.8) is 0 Å². The highest BCUT2D eigenvalue weighted by Gasteiger charge is 2.78. The van der Waals surface area contributed by atoms with E-state index in [4.69, 9.17) is 17.2 Å². The molecule has 2 aromatic rings. The number of urea groups is 1. The van der Waals surface area contributed by atoms with Gasteiger partial charge in [0.25, 0.3) is 0 Å². The number of hydrogen-bond acceptors (Lipinski definition) is 12. The molecule has 2 fully saturated rings. The number of carbonyl (C=O) groups is 6. The number of nitriles is 1. The van der Waals surface area contributed by atoms with Gasteiger partial charge in [0.05, 0.1) is 28.9 Å². The molecule has 15 heteroatoms. The minimum atomic E-state index is -2.86. The van der Waals surface area contributed by atoms with Crippen LogP contribution in [0.2, 0.25) is 0 Å². The summed E-state index contributed by atoms with van der Waals surface area (Å²) in [6.07, 6.45) is -0.779. The lowest BCUT2D eigenvalue weighted by Gasteiger charge is -2.60. The molecule has 3 amide bonds. The third-order valence-electron chi connectivity index (χ3n) is 9.33. The zero-order valence-electron chi connectivity index (χ0n) is 25.6. The fourth-order valence-electron chi connectivity index (χ4n) is 7.56. The number of nitrogens with two attached hydrogens (primary N) is 3. The van der Waals surface area contributed by atoms with Crippen molar-refractivity contribution in [1.82, 2.24) is 4.90 Å². The van der Waals surface area contributed by atoms with Gasteiger partial charge in [0.1, 0.15) is 11.7 Å². The second-order valence-corrected chi connectivity index (χ2v) is 12.6. The maximum absolute atomic E-state index is 14.5. The summed E-state index contributed by atoms with van der Waals surface area (Å²) in [6, 6.07) is 9.32. The smallest absolute Gasteiger partial charge is 0.323 e. The number of phenols is 1. The van der Waals surface area contributed by atoms with Gasteiger partial charge in [-0.05, 0) is 50.7 Å². The van der Waals surface area contributed by atoms with Crippen molar-refractivity contribution in [3.05, 3.63) is 47.5 Å². The highest BCUT2D eigenvalue weighted by Crippen LogP contribution is 2.57. The van der Waals surface area contributed by atoms with Crippen LogP contribution < -0.4 is 32.7 Å². The van der Waals surface area contributed by atoms with Crippen LogP contribution in [-0.4, -0.2) is 90.4 Å². The van der Waals surface area contributed by atoms with E-state index in [0.717, 1.165) is 0 Å². The summed E-state index contributed by atoms with van der Waals surface area (Å²) >= 11 is 0. The minimum absolute atomic E-state index is 0.166. The molecule has 6 atom stereocenters. The van der Waals surface area contributed by atoms with E-state index in [0.29, 0.717) is 11.4 Å². The van der Waals surface area contributed by atoms with Crippen molar-refractivity contribution < 1.29 is 33.9 Å². The first-order valence-corrected chi connectivity index (χ1v) is 14.3. The van der Waals surface area contributed by atoms with E-state index in [1.165, 1.54) is 25.1 Å². The summed E-state index contributed by atoms with van der Waals surface area (Å²) in [6.45, 7) is 0. The number of carbonyl (C=O) groups excluding carboxylic acids is 6. The van der Waals surface area contributed by atoms with Crippen molar-refractivity contribution in [2.75, 3.05) is 43.7 Å². The second kappa shape index (κ2) is 10.7. The van der Waals surface area contributed by atoms with Crippen molar-refractivity contribution in [2.45, 2.75) is 30.0 Å². The lowest BCUT2D eigenvalue weighted by molar-refractivity contribution is -0.166. The molecule has 0 saturated heterocycles. The standard InChI is InChI=1S/C31H34N8O7/c1-38(2)17-10-16(37-28(46)36-14-8-6-5-7-9-14)21(40)18-15(17)11-29(34)12-31(35)24(39(3)4)23(42)19(27(33)45)25(43)30(31,13-32)26(44)20(29)22(18)41/h5-10,19-20,24,40H,11-12,34-35H2,1-4H3,(H2,33,45)(H2,36,37,46)/t19?,20?,24-,29-,30+,31-/m1/s1. The van der Waals surface area contributed by atoms with Gasteiger partial charge in [0.2, 0.25) is 5.91 Å². The first-order valence-electron chi connectivity index (χ1n) is 14.3. The van der Waals surface area contributed by atoms with Gasteiger partial charge in [-0.25, -0.2) is 4.79 Å². The molecule has 2 unspecified atom stereocenters. The van der Waals surface area contributed by atoms with Crippen LogP contribution in [0.3, 0.4) is 0 Å². The predicted octanol–water partition coefficient (Wildman–Crippen LogP) is -0.482. The van der Waals surface area contributed by atoms with E-state index in [-0.39, 0.29) is 23.2 Å². The number of amides is 3. The molecule has 240 valence electrons. The number of nitrogens with one attached hydrogen (secondary N) is 2. The Balaban J connectivity index is 1.68. The van der Waals surface area contributed by atoms with Crippen molar-refractivity contribution in [1.29, 1.82) is 5.26 Å². The Hall–Kier alpha value is -5.17. The van der Waals surface area contributed by atoms with Crippen LogP contribution in [-0.2, 0) is 25.6 Å². The highest BCUT2D eigenvalue weighted by atomic mass is 16.3. The first kappa shape index (κ1) is 32.2. The number of hydrogen-bond donors (Lipinski definition) is 6. The molecule has 0 aromatic heterocycles. The Morgan fingerprint density at radius 1 is 1.02 bits per heavy atom. The van der Waals surface area contributed by atoms with Crippen molar-refractivity contribution >= 4 is 52.1 Å². The molecule has 2 aromatic carbocycles. The molecule has 0 bridgehead atoms. The van der Waals surface area contributed by atoms with E-state index >= 15 is 0 Å². The number of nitrogens with zero attached hydrogens (tertiary/aromatic N) is 3. The molecule has 2 saturated carbocycles. The third kappa shape index (κ3) is 4.29. The molecule has 15 nitrogen and oxygen atoms in total. The summed E-state index contributed by atoms with van der Waals surface area (Å²) in [7, 11) is 6.17. The van der Waals surface area contributed by atoms with Gasteiger partial charge >= 0.3 is 6.03 Å². The quantitative estimate of drug-likeness (QED) is 0.181. The van der Waals surface area contributed by atoms with Crippen molar-refractivity contribution in [3.8, 4) is 11.8 Å². The topological polar surface area (TPSA) is 255 Å².